The van der Waals surface area contributed by atoms with Crippen molar-refractivity contribution in [2.24, 2.45) is 0 Å². The summed E-state index contributed by atoms with van der Waals surface area (Å²) in [7, 11) is 0. The summed E-state index contributed by atoms with van der Waals surface area (Å²) >= 11 is 12.3. The largest absolute Gasteiger partial charge is 0.484 e. The number of carbonyl (C=O) groups excluding carboxylic acids is 2. The third-order valence-electron chi connectivity index (χ3n) is 4.84. The van der Waals surface area contributed by atoms with Crippen LogP contribution < -0.4 is 10.1 Å². The Kier molecular flexibility index (Phi) is 9.47. The third kappa shape index (κ3) is 6.92. The Hall–Kier alpha value is -2.24. The summed E-state index contributed by atoms with van der Waals surface area (Å²) in [6.07, 6.45) is 1.27. The van der Waals surface area contributed by atoms with E-state index in [9.17, 15) is 9.59 Å². The summed E-state index contributed by atoms with van der Waals surface area (Å²) in [5.74, 6) is 0.00158. The molecule has 0 aliphatic rings. The average molecular weight is 451 g/mol. The van der Waals surface area contributed by atoms with Crippen LogP contribution in [0.2, 0.25) is 10.0 Å². The van der Waals surface area contributed by atoms with Crippen molar-refractivity contribution >= 4 is 35.0 Å². The van der Waals surface area contributed by atoms with Gasteiger partial charge in [0.05, 0.1) is 0 Å². The van der Waals surface area contributed by atoms with Crippen molar-refractivity contribution in [2.45, 2.75) is 52.2 Å². The molecule has 2 rings (SSSR count). The topological polar surface area (TPSA) is 58.6 Å². The number of benzene rings is 2. The molecule has 0 aromatic heterocycles. The SMILES string of the molecule is CC[C@H](C(=O)N[C@@H](C)CC)N(Cc1ccccc1Cl)C(=O)COc1cccc(Cl)c1. The van der Waals surface area contributed by atoms with Crippen LogP contribution in [0.3, 0.4) is 0 Å². The molecule has 0 bridgehead atoms. The van der Waals surface area contributed by atoms with Crippen molar-refractivity contribution in [3.05, 3.63) is 64.1 Å². The van der Waals surface area contributed by atoms with Gasteiger partial charge < -0.3 is 15.0 Å². The Morgan fingerprint density at radius 3 is 2.43 bits per heavy atom. The number of amides is 2. The molecule has 2 amide bonds. The van der Waals surface area contributed by atoms with Crippen molar-refractivity contribution in [1.82, 2.24) is 10.2 Å². The maximum absolute atomic E-state index is 13.1. The highest BCUT2D eigenvalue weighted by molar-refractivity contribution is 6.31. The third-order valence-corrected chi connectivity index (χ3v) is 5.45. The fourth-order valence-corrected chi connectivity index (χ4v) is 3.33. The van der Waals surface area contributed by atoms with Crippen LogP contribution in [-0.4, -0.2) is 35.4 Å². The number of hydrogen-bond donors (Lipinski definition) is 1. The normalized spacial score (nSPS) is 12.7. The van der Waals surface area contributed by atoms with E-state index in [1.54, 1.807) is 30.3 Å². The molecule has 0 saturated carbocycles. The monoisotopic (exact) mass is 450 g/mol. The zero-order valence-corrected chi connectivity index (χ0v) is 19.0. The summed E-state index contributed by atoms with van der Waals surface area (Å²) < 4.78 is 5.63. The molecule has 0 radical (unpaired) electrons. The molecular weight excluding hydrogens is 423 g/mol. The highest BCUT2D eigenvalue weighted by Gasteiger charge is 2.30. The van der Waals surface area contributed by atoms with Crippen LogP contribution in [0.1, 0.15) is 39.2 Å². The minimum absolute atomic E-state index is 0.0199. The maximum Gasteiger partial charge on any atom is 0.261 e. The molecular formula is C23H28Cl2N2O3. The van der Waals surface area contributed by atoms with E-state index in [0.717, 1.165) is 12.0 Å². The van der Waals surface area contributed by atoms with Crippen LogP contribution in [-0.2, 0) is 16.1 Å². The first kappa shape index (κ1) is 24.0. The Bertz CT molecular complexity index is 860. The van der Waals surface area contributed by atoms with E-state index in [-0.39, 0.29) is 31.0 Å². The lowest BCUT2D eigenvalue weighted by Crippen LogP contribution is -2.51. The van der Waals surface area contributed by atoms with E-state index < -0.39 is 6.04 Å². The predicted molar refractivity (Wildman–Crippen MR) is 121 cm³/mol. The van der Waals surface area contributed by atoms with E-state index in [1.165, 1.54) is 4.90 Å². The average Bonchev–Trinajstić information content (AvgIpc) is 2.73. The molecule has 7 heteroatoms. The van der Waals surface area contributed by atoms with Gasteiger partial charge in [0.2, 0.25) is 5.91 Å². The van der Waals surface area contributed by atoms with Gasteiger partial charge in [0, 0.05) is 22.6 Å². The summed E-state index contributed by atoms with van der Waals surface area (Å²) in [4.78, 5) is 27.5. The number of ether oxygens (including phenoxy) is 1. The molecule has 0 spiro atoms. The van der Waals surface area contributed by atoms with Crippen LogP contribution in [0.15, 0.2) is 48.5 Å². The van der Waals surface area contributed by atoms with Crippen molar-refractivity contribution < 1.29 is 14.3 Å². The molecule has 0 unspecified atom stereocenters. The van der Waals surface area contributed by atoms with Crippen LogP contribution >= 0.6 is 23.2 Å². The van der Waals surface area contributed by atoms with Gasteiger partial charge in [-0.15, -0.1) is 0 Å². The highest BCUT2D eigenvalue weighted by atomic mass is 35.5. The van der Waals surface area contributed by atoms with Crippen LogP contribution in [0.4, 0.5) is 0 Å². The fraction of sp³-hybridized carbons (Fsp3) is 0.391. The molecule has 0 aliphatic heterocycles. The van der Waals surface area contributed by atoms with Crippen molar-refractivity contribution in [3.63, 3.8) is 0 Å². The van der Waals surface area contributed by atoms with Crippen molar-refractivity contribution in [3.8, 4) is 5.75 Å². The maximum atomic E-state index is 13.1. The van der Waals surface area contributed by atoms with Gasteiger partial charge >= 0.3 is 0 Å². The van der Waals surface area contributed by atoms with Crippen molar-refractivity contribution in [1.29, 1.82) is 0 Å². The smallest absolute Gasteiger partial charge is 0.261 e. The fourth-order valence-electron chi connectivity index (χ4n) is 2.96. The molecule has 2 aromatic carbocycles. The number of hydrogen-bond acceptors (Lipinski definition) is 3. The first-order chi connectivity index (χ1) is 14.3. The summed E-state index contributed by atoms with van der Waals surface area (Å²) in [6.45, 7) is 5.82. The highest BCUT2D eigenvalue weighted by Crippen LogP contribution is 2.21. The molecule has 2 aromatic rings. The van der Waals surface area contributed by atoms with E-state index in [1.807, 2.05) is 39.0 Å². The summed E-state index contributed by atoms with van der Waals surface area (Å²) in [6, 6.07) is 13.5. The Balaban J connectivity index is 2.23. The van der Waals surface area contributed by atoms with Crippen LogP contribution in [0, 0.1) is 0 Å². The second-order valence-electron chi connectivity index (χ2n) is 7.10. The van der Waals surface area contributed by atoms with Gasteiger partial charge in [0.15, 0.2) is 6.61 Å². The molecule has 0 aliphatic carbocycles. The molecule has 0 fully saturated rings. The lowest BCUT2D eigenvalue weighted by molar-refractivity contribution is -0.143. The second-order valence-corrected chi connectivity index (χ2v) is 7.94. The number of rotatable bonds is 10. The second kappa shape index (κ2) is 11.8. The number of halogens is 2. The molecule has 0 saturated heterocycles. The van der Waals surface area contributed by atoms with Crippen molar-refractivity contribution in [2.75, 3.05) is 6.61 Å². The van der Waals surface area contributed by atoms with Crippen LogP contribution in [0.25, 0.3) is 0 Å². The van der Waals surface area contributed by atoms with Gasteiger partial charge in [-0.3, -0.25) is 9.59 Å². The van der Waals surface area contributed by atoms with Gasteiger partial charge in [0.25, 0.3) is 5.91 Å². The van der Waals surface area contributed by atoms with Gasteiger partial charge in [-0.1, -0.05) is 61.3 Å². The minimum Gasteiger partial charge on any atom is -0.484 e. The molecule has 2 atom stereocenters. The lowest BCUT2D eigenvalue weighted by atomic mass is 10.1. The summed E-state index contributed by atoms with van der Waals surface area (Å²) in [5, 5.41) is 4.04. The first-order valence-corrected chi connectivity index (χ1v) is 10.8. The molecule has 5 nitrogen and oxygen atoms in total. The Labute approximate surface area is 188 Å². The van der Waals surface area contributed by atoms with E-state index in [4.69, 9.17) is 27.9 Å². The first-order valence-electron chi connectivity index (χ1n) is 10.1. The number of nitrogens with one attached hydrogen (secondary N) is 1. The molecule has 162 valence electrons. The van der Waals surface area contributed by atoms with E-state index in [2.05, 4.69) is 5.32 Å². The molecule has 0 heterocycles. The molecule has 1 N–H and O–H groups in total. The van der Waals surface area contributed by atoms with E-state index >= 15 is 0 Å². The van der Waals surface area contributed by atoms with Gasteiger partial charge in [-0.05, 0) is 49.6 Å². The molecule has 30 heavy (non-hydrogen) atoms. The summed E-state index contributed by atoms with van der Waals surface area (Å²) in [5.41, 5.74) is 0.769. The predicted octanol–water partition coefficient (Wildman–Crippen LogP) is 5.09. The Morgan fingerprint density at radius 2 is 1.80 bits per heavy atom. The van der Waals surface area contributed by atoms with Gasteiger partial charge in [-0.2, -0.15) is 0 Å². The van der Waals surface area contributed by atoms with Gasteiger partial charge in [0.1, 0.15) is 11.8 Å². The minimum atomic E-state index is -0.634. The lowest BCUT2D eigenvalue weighted by Gasteiger charge is -2.31. The van der Waals surface area contributed by atoms with Gasteiger partial charge in [-0.25, -0.2) is 0 Å². The Morgan fingerprint density at radius 1 is 1.07 bits per heavy atom. The zero-order chi connectivity index (χ0) is 22.1. The van der Waals surface area contributed by atoms with Crippen LogP contribution in [0.5, 0.6) is 5.75 Å². The quantitative estimate of drug-likeness (QED) is 0.547. The van der Waals surface area contributed by atoms with E-state index in [0.29, 0.717) is 22.2 Å². The number of nitrogens with zero attached hydrogens (tertiary/aromatic N) is 1. The zero-order valence-electron chi connectivity index (χ0n) is 17.5. The number of carbonyl (C=O) groups is 2. The standard InChI is InChI=1S/C23H28Cl2N2O3/c1-4-16(3)26-23(29)21(5-2)27(14-17-9-6-7-12-20(17)25)22(28)15-30-19-11-8-10-18(24)13-19/h6-13,16,21H,4-5,14-15H2,1-3H3,(H,26,29)/t16-,21+/m0/s1.